The Kier molecular flexibility index (Phi) is 7.02. The molecule has 1 atom stereocenters. The molecule has 0 aliphatic heterocycles. The molecule has 26 heavy (non-hydrogen) atoms. The number of rotatable bonds is 7. The van der Waals surface area contributed by atoms with Crippen LogP contribution in [-0.2, 0) is 6.54 Å². The summed E-state index contributed by atoms with van der Waals surface area (Å²) in [5.74, 6) is 1.08. The van der Waals surface area contributed by atoms with Crippen LogP contribution >= 0.6 is 0 Å². The summed E-state index contributed by atoms with van der Waals surface area (Å²) in [5, 5.41) is 6.45. The average Bonchev–Trinajstić information content (AvgIpc) is 2.62. The van der Waals surface area contributed by atoms with Gasteiger partial charge in [0.25, 0.3) is 0 Å². The van der Waals surface area contributed by atoms with Crippen molar-refractivity contribution in [2.75, 3.05) is 13.6 Å². The second kappa shape index (κ2) is 9.46. The molecular formula is C20H26N4O2. The predicted octanol–water partition coefficient (Wildman–Crippen LogP) is 2.23. The Morgan fingerprint density at radius 1 is 1.19 bits per heavy atom. The molecule has 0 saturated heterocycles. The van der Waals surface area contributed by atoms with E-state index < -0.39 is 5.91 Å². The molecule has 0 fully saturated rings. The number of carbonyl (C=O) groups is 1. The summed E-state index contributed by atoms with van der Waals surface area (Å²) < 4.78 is 5.90. The minimum Gasteiger partial charge on any atom is -0.489 e. The summed E-state index contributed by atoms with van der Waals surface area (Å²) in [6.45, 7) is 5.18. The topological polar surface area (TPSA) is 88.7 Å². The van der Waals surface area contributed by atoms with Gasteiger partial charge in [0.15, 0.2) is 5.96 Å². The second-order valence-electron chi connectivity index (χ2n) is 6.12. The highest BCUT2D eigenvalue weighted by Gasteiger charge is 2.07. The molecule has 2 aromatic carbocycles. The number of carbonyl (C=O) groups excluding carboxylic acids is 1. The lowest BCUT2D eigenvalue weighted by Crippen LogP contribution is -2.41. The van der Waals surface area contributed by atoms with Crippen LogP contribution in [0.1, 0.15) is 28.4 Å². The van der Waals surface area contributed by atoms with E-state index in [2.05, 4.69) is 15.6 Å². The van der Waals surface area contributed by atoms with E-state index in [4.69, 9.17) is 10.5 Å². The molecule has 0 aliphatic carbocycles. The standard InChI is InChI=1S/C20H26N4O2/c1-14-6-4-9-18(10-14)26-15(2)12-23-20(22-3)24-13-16-7-5-8-17(11-16)19(21)25/h4-11,15H,12-13H2,1-3H3,(H2,21,25)(H2,22,23,24). The lowest BCUT2D eigenvalue weighted by Gasteiger charge is -2.18. The zero-order valence-electron chi connectivity index (χ0n) is 15.5. The number of guanidine groups is 1. The van der Waals surface area contributed by atoms with Crippen molar-refractivity contribution in [1.82, 2.24) is 10.6 Å². The number of primary amides is 1. The minimum atomic E-state index is -0.434. The van der Waals surface area contributed by atoms with Gasteiger partial charge in [-0.25, -0.2) is 0 Å². The van der Waals surface area contributed by atoms with Crippen LogP contribution < -0.4 is 21.1 Å². The molecule has 2 aromatic rings. The first-order chi connectivity index (χ1) is 12.5. The van der Waals surface area contributed by atoms with Crippen molar-refractivity contribution in [2.24, 2.45) is 10.7 Å². The van der Waals surface area contributed by atoms with E-state index >= 15 is 0 Å². The van der Waals surface area contributed by atoms with Gasteiger partial charge in [0, 0.05) is 19.2 Å². The summed E-state index contributed by atoms with van der Waals surface area (Å²) in [6, 6.07) is 15.2. The summed E-state index contributed by atoms with van der Waals surface area (Å²) in [5.41, 5.74) is 7.92. The van der Waals surface area contributed by atoms with E-state index in [1.165, 1.54) is 5.56 Å². The molecule has 6 heteroatoms. The fraction of sp³-hybridized carbons (Fsp3) is 0.300. The Balaban J connectivity index is 1.82. The van der Waals surface area contributed by atoms with Gasteiger partial charge in [0.2, 0.25) is 5.91 Å². The van der Waals surface area contributed by atoms with Gasteiger partial charge in [0.05, 0.1) is 6.54 Å². The van der Waals surface area contributed by atoms with E-state index in [1.807, 2.05) is 50.2 Å². The number of aryl methyl sites for hydroxylation is 1. The fourth-order valence-corrected chi connectivity index (χ4v) is 2.44. The Labute approximate surface area is 154 Å². The number of hydrogen-bond acceptors (Lipinski definition) is 3. The zero-order chi connectivity index (χ0) is 18.9. The van der Waals surface area contributed by atoms with Crippen molar-refractivity contribution in [2.45, 2.75) is 26.5 Å². The summed E-state index contributed by atoms with van der Waals surface area (Å²) in [6.07, 6.45) is -0.0199. The van der Waals surface area contributed by atoms with E-state index in [0.717, 1.165) is 11.3 Å². The molecule has 0 aliphatic rings. The van der Waals surface area contributed by atoms with Crippen molar-refractivity contribution < 1.29 is 9.53 Å². The summed E-state index contributed by atoms with van der Waals surface area (Å²) in [4.78, 5) is 15.4. The first-order valence-corrected chi connectivity index (χ1v) is 8.54. The molecule has 2 rings (SSSR count). The Morgan fingerprint density at radius 3 is 2.65 bits per heavy atom. The quantitative estimate of drug-likeness (QED) is 0.525. The molecule has 1 unspecified atom stereocenters. The van der Waals surface area contributed by atoms with Crippen LogP contribution in [0.5, 0.6) is 5.75 Å². The highest BCUT2D eigenvalue weighted by Crippen LogP contribution is 2.13. The first kappa shape index (κ1) is 19.3. The molecule has 0 aromatic heterocycles. The molecule has 1 amide bonds. The molecular weight excluding hydrogens is 328 g/mol. The third kappa shape index (κ3) is 6.12. The Hall–Kier alpha value is -3.02. The van der Waals surface area contributed by atoms with Gasteiger partial charge >= 0.3 is 0 Å². The van der Waals surface area contributed by atoms with Crippen molar-refractivity contribution in [3.8, 4) is 5.75 Å². The second-order valence-corrected chi connectivity index (χ2v) is 6.12. The normalized spacial score (nSPS) is 12.3. The Bertz CT molecular complexity index is 774. The maximum Gasteiger partial charge on any atom is 0.248 e. The highest BCUT2D eigenvalue weighted by atomic mass is 16.5. The largest absolute Gasteiger partial charge is 0.489 e. The van der Waals surface area contributed by atoms with Crippen LogP contribution in [0.3, 0.4) is 0 Å². The molecule has 0 spiro atoms. The van der Waals surface area contributed by atoms with Crippen LogP contribution in [0.15, 0.2) is 53.5 Å². The van der Waals surface area contributed by atoms with Gasteiger partial charge in [-0.3, -0.25) is 9.79 Å². The SMILES string of the molecule is CN=C(NCc1cccc(C(N)=O)c1)NCC(C)Oc1cccc(C)c1. The number of amides is 1. The number of hydrogen-bond donors (Lipinski definition) is 3. The molecule has 6 nitrogen and oxygen atoms in total. The molecule has 138 valence electrons. The third-order valence-electron chi connectivity index (χ3n) is 3.78. The van der Waals surface area contributed by atoms with E-state index in [1.54, 1.807) is 19.2 Å². The maximum atomic E-state index is 11.2. The van der Waals surface area contributed by atoms with E-state index in [-0.39, 0.29) is 6.10 Å². The average molecular weight is 354 g/mol. The van der Waals surface area contributed by atoms with Crippen molar-refractivity contribution >= 4 is 11.9 Å². The smallest absolute Gasteiger partial charge is 0.248 e. The molecule has 0 bridgehead atoms. The van der Waals surface area contributed by atoms with Crippen molar-refractivity contribution in [3.05, 3.63) is 65.2 Å². The number of aliphatic imine (C=N–C) groups is 1. The summed E-state index contributed by atoms with van der Waals surface area (Å²) >= 11 is 0. The minimum absolute atomic E-state index is 0.0199. The molecule has 0 heterocycles. The zero-order valence-corrected chi connectivity index (χ0v) is 15.5. The van der Waals surface area contributed by atoms with Gasteiger partial charge in [0.1, 0.15) is 11.9 Å². The van der Waals surface area contributed by atoms with Gasteiger partial charge in [-0.1, -0.05) is 24.3 Å². The Morgan fingerprint density at radius 2 is 1.96 bits per heavy atom. The van der Waals surface area contributed by atoms with Crippen LogP contribution in [0.2, 0.25) is 0 Å². The number of ether oxygens (including phenoxy) is 1. The first-order valence-electron chi connectivity index (χ1n) is 8.54. The monoisotopic (exact) mass is 354 g/mol. The van der Waals surface area contributed by atoms with Gasteiger partial charge < -0.3 is 21.1 Å². The van der Waals surface area contributed by atoms with E-state index in [0.29, 0.717) is 24.6 Å². The number of nitrogens with two attached hydrogens (primary N) is 1. The van der Waals surface area contributed by atoms with Gasteiger partial charge in [-0.2, -0.15) is 0 Å². The lowest BCUT2D eigenvalue weighted by molar-refractivity contribution is 0.1000. The maximum absolute atomic E-state index is 11.2. The lowest BCUT2D eigenvalue weighted by atomic mass is 10.1. The van der Waals surface area contributed by atoms with Crippen LogP contribution in [0.4, 0.5) is 0 Å². The third-order valence-corrected chi connectivity index (χ3v) is 3.78. The number of nitrogens with zero attached hydrogens (tertiary/aromatic N) is 1. The molecule has 4 N–H and O–H groups in total. The van der Waals surface area contributed by atoms with Gasteiger partial charge in [-0.15, -0.1) is 0 Å². The number of nitrogens with one attached hydrogen (secondary N) is 2. The molecule has 0 radical (unpaired) electrons. The van der Waals surface area contributed by atoms with Crippen molar-refractivity contribution in [3.63, 3.8) is 0 Å². The van der Waals surface area contributed by atoms with Crippen LogP contribution in [0.25, 0.3) is 0 Å². The fourth-order valence-electron chi connectivity index (χ4n) is 2.44. The van der Waals surface area contributed by atoms with Gasteiger partial charge in [-0.05, 0) is 49.2 Å². The van der Waals surface area contributed by atoms with Crippen molar-refractivity contribution in [1.29, 1.82) is 0 Å². The predicted molar refractivity (Wildman–Crippen MR) is 104 cm³/mol. The highest BCUT2D eigenvalue weighted by molar-refractivity contribution is 5.92. The number of benzene rings is 2. The summed E-state index contributed by atoms with van der Waals surface area (Å²) in [7, 11) is 1.71. The molecule has 0 saturated carbocycles. The van der Waals surface area contributed by atoms with Crippen LogP contribution in [-0.4, -0.2) is 31.6 Å². The van der Waals surface area contributed by atoms with Crippen LogP contribution in [0, 0.1) is 6.92 Å². The van der Waals surface area contributed by atoms with E-state index in [9.17, 15) is 4.79 Å².